The van der Waals surface area contributed by atoms with Crippen LogP contribution in [-0.4, -0.2) is 46.5 Å². The molecular formula is C15H25N3O2. The van der Waals surface area contributed by atoms with Crippen LogP contribution in [0.5, 0.6) is 0 Å². The average Bonchev–Trinajstić information content (AvgIpc) is 2.66. The fourth-order valence-electron chi connectivity index (χ4n) is 3.85. The molecule has 2 heterocycles. The van der Waals surface area contributed by atoms with Gasteiger partial charge in [-0.2, -0.15) is 0 Å². The molecule has 0 aromatic carbocycles. The molecule has 20 heavy (non-hydrogen) atoms. The van der Waals surface area contributed by atoms with E-state index in [0.717, 1.165) is 38.6 Å². The minimum Gasteiger partial charge on any atom is -0.323 e. The quantitative estimate of drug-likeness (QED) is 0.787. The monoisotopic (exact) mass is 279 g/mol. The van der Waals surface area contributed by atoms with Gasteiger partial charge in [0.25, 0.3) is 5.91 Å². The standard InChI is InChI=1S/C15H25N3O2/c1-12-7-3-6-10-17(12)11-18-13(19)15(16-14(18)20)8-4-2-5-9-15/h12H,2-11H2,1H3,(H,16,20). The van der Waals surface area contributed by atoms with Gasteiger partial charge in [0.05, 0.1) is 6.67 Å². The van der Waals surface area contributed by atoms with Gasteiger partial charge < -0.3 is 5.32 Å². The highest BCUT2D eigenvalue weighted by molar-refractivity contribution is 6.07. The van der Waals surface area contributed by atoms with Crippen LogP contribution < -0.4 is 5.32 Å². The lowest BCUT2D eigenvalue weighted by molar-refractivity contribution is -0.134. The van der Waals surface area contributed by atoms with Crippen LogP contribution in [0.1, 0.15) is 58.3 Å². The second-order valence-electron chi connectivity index (χ2n) is 6.60. The molecule has 3 aliphatic rings. The number of likely N-dealkylation sites (tertiary alicyclic amines) is 1. The predicted molar refractivity (Wildman–Crippen MR) is 76.1 cm³/mol. The van der Waals surface area contributed by atoms with Crippen molar-refractivity contribution in [2.75, 3.05) is 13.2 Å². The van der Waals surface area contributed by atoms with E-state index in [0.29, 0.717) is 12.7 Å². The normalized spacial score (nSPS) is 30.9. The first-order valence-corrected chi connectivity index (χ1v) is 8.01. The van der Waals surface area contributed by atoms with E-state index in [1.807, 2.05) is 0 Å². The first-order chi connectivity index (χ1) is 9.62. The van der Waals surface area contributed by atoms with Gasteiger partial charge in [-0.05, 0) is 32.6 Å². The Labute approximate surface area is 120 Å². The summed E-state index contributed by atoms with van der Waals surface area (Å²) in [4.78, 5) is 28.6. The van der Waals surface area contributed by atoms with Crippen LogP contribution >= 0.6 is 0 Å². The van der Waals surface area contributed by atoms with Gasteiger partial charge in [0, 0.05) is 12.6 Å². The van der Waals surface area contributed by atoms with Gasteiger partial charge in [-0.1, -0.05) is 25.7 Å². The summed E-state index contributed by atoms with van der Waals surface area (Å²) >= 11 is 0. The van der Waals surface area contributed by atoms with Crippen LogP contribution in [0.3, 0.4) is 0 Å². The van der Waals surface area contributed by atoms with Crippen molar-refractivity contribution in [3.63, 3.8) is 0 Å². The summed E-state index contributed by atoms with van der Waals surface area (Å²) in [5, 5.41) is 2.98. The van der Waals surface area contributed by atoms with Crippen molar-refractivity contribution < 1.29 is 9.59 Å². The zero-order valence-electron chi connectivity index (χ0n) is 12.4. The summed E-state index contributed by atoms with van der Waals surface area (Å²) < 4.78 is 0. The lowest BCUT2D eigenvalue weighted by Crippen LogP contribution is -2.50. The van der Waals surface area contributed by atoms with E-state index in [4.69, 9.17) is 0 Å². The molecule has 2 saturated heterocycles. The second kappa shape index (κ2) is 5.35. The SMILES string of the molecule is CC1CCCCN1CN1C(=O)NC2(CCCCC2)C1=O. The molecule has 3 fully saturated rings. The third-order valence-electron chi connectivity index (χ3n) is 5.22. The Hall–Kier alpha value is -1.10. The second-order valence-corrected chi connectivity index (χ2v) is 6.60. The molecule has 5 heteroatoms. The highest BCUT2D eigenvalue weighted by Crippen LogP contribution is 2.34. The molecule has 1 unspecified atom stereocenters. The molecule has 112 valence electrons. The van der Waals surface area contributed by atoms with Gasteiger partial charge in [-0.3, -0.25) is 9.69 Å². The van der Waals surface area contributed by atoms with E-state index < -0.39 is 5.54 Å². The number of hydrogen-bond donors (Lipinski definition) is 1. The van der Waals surface area contributed by atoms with Crippen molar-refractivity contribution in [2.24, 2.45) is 0 Å². The van der Waals surface area contributed by atoms with Crippen LogP contribution in [-0.2, 0) is 4.79 Å². The van der Waals surface area contributed by atoms with E-state index in [1.165, 1.54) is 24.2 Å². The number of hydrogen-bond acceptors (Lipinski definition) is 3. The van der Waals surface area contributed by atoms with Gasteiger partial charge in [0.1, 0.15) is 5.54 Å². The number of imide groups is 1. The molecule has 1 saturated carbocycles. The largest absolute Gasteiger partial charge is 0.326 e. The third kappa shape index (κ3) is 2.32. The number of rotatable bonds is 2. The molecule has 0 radical (unpaired) electrons. The number of carbonyl (C=O) groups is 2. The highest BCUT2D eigenvalue weighted by atomic mass is 16.2. The van der Waals surface area contributed by atoms with Crippen LogP contribution in [0.25, 0.3) is 0 Å². The van der Waals surface area contributed by atoms with Crippen molar-refractivity contribution in [1.82, 2.24) is 15.1 Å². The van der Waals surface area contributed by atoms with Gasteiger partial charge >= 0.3 is 6.03 Å². The molecule has 0 aromatic rings. The summed E-state index contributed by atoms with van der Waals surface area (Å²) in [6, 6.07) is 0.280. The molecule has 3 amide bonds. The van der Waals surface area contributed by atoms with Crippen LogP contribution in [0.2, 0.25) is 0 Å². The third-order valence-corrected chi connectivity index (χ3v) is 5.22. The minimum absolute atomic E-state index is 0.0139. The molecular weight excluding hydrogens is 254 g/mol. The fourth-order valence-corrected chi connectivity index (χ4v) is 3.85. The molecule has 1 spiro atoms. The van der Waals surface area contributed by atoms with E-state index in [-0.39, 0.29) is 11.9 Å². The molecule has 1 N–H and O–H groups in total. The minimum atomic E-state index is -0.575. The molecule has 2 aliphatic heterocycles. The number of carbonyl (C=O) groups excluding carboxylic acids is 2. The average molecular weight is 279 g/mol. The number of piperidine rings is 1. The summed E-state index contributed by atoms with van der Waals surface area (Å²) in [5.41, 5.74) is -0.575. The van der Waals surface area contributed by atoms with Gasteiger partial charge in [0.15, 0.2) is 0 Å². The van der Waals surface area contributed by atoms with Crippen molar-refractivity contribution in [3.8, 4) is 0 Å². The topological polar surface area (TPSA) is 52.6 Å². The van der Waals surface area contributed by atoms with Gasteiger partial charge in [-0.15, -0.1) is 0 Å². The maximum atomic E-state index is 12.7. The summed E-state index contributed by atoms with van der Waals surface area (Å²) in [6.07, 6.45) is 8.46. The van der Waals surface area contributed by atoms with Crippen LogP contribution in [0, 0.1) is 0 Å². The molecule has 1 aliphatic carbocycles. The Bertz CT molecular complexity index is 404. The van der Waals surface area contributed by atoms with E-state index in [1.54, 1.807) is 0 Å². The molecule has 5 nitrogen and oxygen atoms in total. The van der Waals surface area contributed by atoms with Crippen molar-refractivity contribution >= 4 is 11.9 Å². The fraction of sp³-hybridized carbons (Fsp3) is 0.867. The van der Waals surface area contributed by atoms with E-state index >= 15 is 0 Å². The Morgan fingerprint density at radius 1 is 1.15 bits per heavy atom. The van der Waals surface area contributed by atoms with E-state index in [9.17, 15) is 9.59 Å². The van der Waals surface area contributed by atoms with Crippen LogP contribution in [0.15, 0.2) is 0 Å². The Morgan fingerprint density at radius 3 is 2.60 bits per heavy atom. The number of urea groups is 1. The number of nitrogens with one attached hydrogen (secondary N) is 1. The molecule has 0 bridgehead atoms. The molecule has 3 rings (SSSR count). The Balaban J connectivity index is 1.70. The lowest BCUT2D eigenvalue weighted by Gasteiger charge is -2.36. The molecule has 1 atom stereocenters. The smallest absolute Gasteiger partial charge is 0.323 e. The maximum Gasteiger partial charge on any atom is 0.326 e. The number of amides is 3. The maximum absolute atomic E-state index is 12.7. The van der Waals surface area contributed by atoms with Gasteiger partial charge in [0.2, 0.25) is 0 Å². The highest BCUT2D eigenvalue weighted by Gasteiger charge is 2.51. The summed E-state index contributed by atoms with van der Waals surface area (Å²) in [5.74, 6) is 0.0139. The van der Waals surface area contributed by atoms with Gasteiger partial charge in [-0.25, -0.2) is 9.69 Å². The zero-order valence-corrected chi connectivity index (χ0v) is 12.4. The first-order valence-electron chi connectivity index (χ1n) is 8.01. The van der Waals surface area contributed by atoms with E-state index in [2.05, 4.69) is 17.1 Å². The predicted octanol–water partition coefficient (Wildman–Crippen LogP) is 2.07. The lowest BCUT2D eigenvalue weighted by atomic mass is 9.82. The Morgan fingerprint density at radius 2 is 1.90 bits per heavy atom. The van der Waals surface area contributed by atoms with Crippen molar-refractivity contribution in [3.05, 3.63) is 0 Å². The first kappa shape index (κ1) is 13.9. The summed E-state index contributed by atoms with van der Waals surface area (Å²) in [6.45, 7) is 3.65. The zero-order chi connectivity index (χ0) is 14.2. The summed E-state index contributed by atoms with van der Waals surface area (Å²) in [7, 11) is 0. The molecule has 0 aromatic heterocycles. The van der Waals surface area contributed by atoms with Crippen LogP contribution in [0.4, 0.5) is 4.79 Å². The van der Waals surface area contributed by atoms with Crippen molar-refractivity contribution in [1.29, 1.82) is 0 Å². The Kier molecular flexibility index (Phi) is 3.71. The number of nitrogens with zero attached hydrogens (tertiary/aromatic N) is 2. The van der Waals surface area contributed by atoms with Crippen molar-refractivity contribution in [2.45, 2.75) is 69.9 Å².